The zero-order valence-corrected chi connectivity index (χ0v) is 8.95. The fourth-order valence-corrected chi connectivity index (χ4v) is 1.07. The molecule has 0 bridgehead atoms. The number of carbonyl (C=O) groups is 1. The minimum atomic E-state index is -0.762. The molecule has 0 heterocycles. The van der Waals surface area contributed by atoms with Crippen LogP contribution in [-0.4, -0.2) is 23.2 Å². The van der Waals surface area contributed by atoms with E-state index >= 15 is 0 Å². The second kappa shape index (κ2) is 4.31. The molecule has 4 heteroatoms. The highest BCUT2D eigenvalue weighted by atomic mass is 16.3. The third-order valence-corrected chi connectivity index (χ3v) is 1.89. The number of benzene rings is 1. The largest absolute Gasteiger partial charge is 0.389 e. The zero-order chi connectivity index (χ0) is 11.5. The molecule has 0 saturated carbocycles. The van der Waals surface area contributed by atoms with E-state index in [1.807, 2.05) is 0 Å². The molecule has 1 aromatic rings. The van der Waals surface area contributed by atoms with E-state index in [-0.39, 0.29) is 0 Å². The highest BCUT2D eigenvalue weighted by Gasteiger charge is 2.11. The summed E-state index contributed by atoms with van der Waals surface area (Å²) in [5.41, 5.74) is 5.67. The summed E-state index contributed by atoms with van der Waals surface area (Å²) in [7, 11) is 0. The molecule has 1 rings (SSSR count). The molecule has 0 fully saturated rings. The lowest BCUT2D eigenvalue weighted by Crippen LogP contribution is -2.29. The van der Waals surface area contributed by atoms with Crippen molar-refractivity contribution in [3.8, 4) is 0 Å². The SMILES string of the molecule is CC(C)(O)CNc1ccc(C(N)=O)cc1. The third kappa shape index (κ3) is 3.99. The van der Waals surface area contributed by atoms with E-state index in [2.05, 4.69) is 5.32 Å². The van der Waals surface area contributed by atoms with Gasteiger partial charge in [-0.1, -0.05) is 0 Å². The Bertz CT molecular complexity index is 339. The molecule has 0 aliphatic rings. The Morgan fingerprint density at radius 1 is 1.40 bits per heavy atom. The first kappa shape index (κ1) is 11.5. The minimum Gasteiger partial charge on any atom is -0.389 e. The average Bonchev–Trinajstić information content (AvgIpc) is 2.14. The van der Waals surface area contributed by atoms with Crippen LogP contribution in [0.1, 0.15) is 24.2 Å². The monoisotopic (exact) mass is 208 g/mol. The predicted molar refractivity (Wildman–Crippen MR) is 59.7 cm³/mol. The molecule has 82 valence electrons. The Morgan fingerprint density at radius 2 is 1.93 bits per heavy atom. The van der Waals surface area contributed by atoms with Crippen LogP contribution < -0.4 is 11.1 Å². The number of nitrogens with one attached hydrogen (secondary N) is 1. The Labute approximate surface area is 89.1 Å². The van der Waals surface area contributed by atoms with Gasteiger partial charge in [0.1, 0.15) is 0 Å². The summed E-state index contributed by atoms with van der Waals surface area (Å²) < 4.78 is 0. The lowest BCUT2D eigenvalue weighted by atomic mass is 10.1. The highest BCUT2D eigenvalue weighted by Crippen LogP contribution is 2.10. The lowest BCUT2D eigenvalue weighted by molar-refractivity contribution is 0.0944. The van der Waals surface area contributed by atoms with Gasteiger partial charge in [0.15, 0.2) is 0 Å². The Morgan fingerprint density at radius 3 is 2.33 bits per heavy atom. The van der Waals surface area contributed by atoms with Crippen molar-refractivity contribution in [2.45, 2.75) is 19.4 Å². The van der Waals surface area contributed by atoms with Crippen molar-refractivity contribution in [2.24, 2.45) is 5.73 Å². The van der Waals surface area contributed by atoms with Crippen molar-refractivity contribution in [3.05, 3.63) is 29.8 Å². The van der Waals surface area contributed by atoms with Gasteiger partial charge in [-0.05, 0) is 38.1 Å². The lowest BCUT2D eigenvalue weighted by Gasteiger charge is -2.18. The van der Waals surface area contributed by atoms with Crippen molar-refractivity contribution in [1.29, 1.82) is 0 Å². The fourth-order valence-electron chi connectivity index (χ4n) is 1.07. The summed E-state index contributed by atoms with van der Waals surface area (Å²) in [6.45, 7) is 3.89. The number of carbonyl (C=O) groups excluding carboxylic acids is 1. The maximum Gasteiger partial charge on any atom is 0.248 e. The molecule has 0 radical (unpaired) electrons. The number of amides is 1. The van der Waals surface area contributed by atoms with Gasteiger partial charge in [0.05, 0.1) is 5.60 Å². The summed E-state index contributed by atoms with van der Waals surface area (Å²) in [6, 6.07) is 6.81. The first-order valence-electron chi connectivity index (χ1n) is 4.74. The van der Waals surface area contributed by atoms with E-state index in [9.17, 15) is 9.90 Å². The molecule has 0 aromatic heterocycles. The normalized spacial score (nSPS) is 11.1. The van der Waals surface area contributed by atoms with Crippen LogP contribution in [0.2, 0.25) is 0 Å². The van der Waals surface area contributed by atoms with Gasteiger partial charge in [-0.25, -0.2) is 0 Å². The van der Waals surface area contributed by atoms with Crippen LogP contribution in [0.5, 0.6) is 0 Å². The smallest absolute Gasteiger partial charge is 0.248 e. The molecule has 0 saturated heterocycles. The van der Waals surface area contributed by atoms with E-state index in [0.717, 1.165) is 5.69 Å². The summed E-state index contributed by atoms with van der Waals surface area (Å²) in [6.07, 6.45) is 0. The molecule has 0 spiro atoms. The van der Waals surface area contributed by atoms with Crippen LogP contribution in [0.3, 0.4) is 0 Å². The maximum atomic E-state index is 10.8. The molecule has 4 N–H and O–H groups in total. The number of nitrogens with two attached hydrogens (primary N) is 1. The highest BCUT2D eigenvalue weighted by molar-refractivity contribution is 5.93. The maximum absolute atomic E-state index is 10.8. The second-order valence-corrected chi connectivity index (χ2v) is 4.11. The Kier molecular flexibility index (Phi) is 3.31. The molecule has 0 unspecified atom stereocenters. The Hall–Kier alpha value is -1.55. The van der Waals surface area contributed by atoms with Gasteiger partial charge < -0.3 is 16.2 Å². The van der Waals surface area contributed by atoms with Crippen molar-refractivity contribution in [2.75, 3.05) is 11.9 Å². The topological polar surface area (TPSA) is 75.3 Å². The molecular formula is C11H16N2O2. The number of hydrogen-bond acceptors (Lipinski definition) is 3. The molecule has 1 aromatic carbocycles. The predicted octanol–water partition coefficient (Wildman–Crippen LogP) is 0.968. The molecule has 0 aliphatic heterocycles. The summed E-state index contributed by atoms with van der Waals surface area (Å²) in [5.74, 6) is -0.441. The van der Waals surface area contributed by atoms with Crippen LogP contribution >= 0.6 is 0 Å². The van der Waals surface area contributed by atoms with Gasteiger partial charge in [0, 0.05) is 17.8 Å². The third-order valence-electron chi connectivity index (χ3n) is 1.89. The second-order valence-electron chi connectivity index (χ2n) is 4.11. The summed E-state index contributed by atoms with van der Waals surface area (Å²) >= 11 is 0. The van der Waals surface area contributed by atoms with Crippen molar-refractivity contribution >= 4 is 11.6 Å². The van der Waals surface area contributed by atoms with Crippen molar-refractivity contribution < 1.29 is 9.90 Å². The van der Waals surface area contributed by atoms with Gasteiger partial charge in [0.2, 0.25) is 5.91 Å². The zero-order valence-electron chi connectivity index (χ0n) is 8.95. The molecule has 0 atom stereocenters. The average molecular weight is 208 g/mol. The fraction of sp³-hybridized carbons (Fsp3) is 0.364. The van der Waals surface area contributed by atoms with Crippen molar-refractivity contribution in [3.63, 3.8) is 0 Å². The van der Waals surface area contributed by atoms with E-state index in [1.54, 1.807) is 38.1 Å². The van der Waals surface area contributed by atoms with Gasteiger partial charge in [-0.3, -0.25) is 4.79 Å². The Balaban J connectivity index is 2.61. The first-order valence-corrected chi connectivity index (χ1v) is 4.74. The standard InChI is InChI=1S/C11H16N2O2/c1-11(2,15)7-13-9-5-3-8(4-6-9)10(12)14/h3-6,13,15H,7H2,1-2H3,(H2,12,14). The molecule has 1 amide bonds. The van der Waals surface area contributed by atoms with Crippen molar-refractivity contribution in [1.82, 2.24) is 0 Å². The van der Waals surface area contributed by atoms with Gasteiger partial charge in [0.25, 0.3) is 0 Å². The minimum absolute atomic E-state index is 0.441. The van der Waals surface area contributed by atoms with Gasteiger partial charge in [-0.15, -0.1) is 0 Å². The van der Waals surface area contributed by atoms with E-state index in [0.29, 0.717) is 12.1 Å². The van der Waals surface area contributed by atoms with Crippen LogP contribution in [0, 0.1) is 0 Å². The van der Waals surface area contributed by atoms with Crippen LogP contribution in [0.25, 0.3) is 0 Å². The molecule has 15 heavy (non-hydrogen) atoms. The molecule has 0 aliphatic carbocycles. The van der Waals surface area contributed by atoms with E-state index < -0.39 is 11.5 Å². The number of primary amides is 1. The molecular weight excluding hydrogens is 192 g/mol. The number of hydrogen-bond donors (Lipinski definition) is 3. The first-order chi connectivity index (χ1) is 6.88. The van der Waals surface area contributed by atoms with Crippen LogP contribution in [-0.2, 0) is 0 Å². The quantitative estimate of drug-likeness (QED) is 0.690. The van der Waals surface area contributed by atoms with Gasteiger partial charge in [-0.2, -0.15) is 0 Å². The van der Waals surface area contributed by atoms with Crippen LogP contribution in [0.15, 0.2) is 24.3 Å². The number of rotatable bonds is 4. The molecule has 4 nitrogen and oxygen atoms in total. The van der Waals surface area contributed by atoms with Crippen LogP contribution in [0.4, 0.5) is 5.69 Å². The van der Waals surface area contributed by atoms with Gasteiger partial charge >= 0.3 is 0 Å². The number of aliphatic hydroxyl groups is 1. The van der Waals surface area contributed by atoms with E-state index in [1.165, 1.54) is 0 Å². The summed E-state index contributed by atoms with van der Waals surface area (Å²) in [5, 5.41) is 12.5. The van der Waals surface area contributed by atoms with E-state index in [4.69, 9.17) is 5.73 Å². The summed E-state index contributed by atoms with van der Waals surface area (Å²) in [4.78, 5) is 10.8. The number of anilines is 1.